The third-order valence-corrected chi connectivity index (χ3v) is 11.5. The van der Waals surface area contributed by atoms with Gasteiger partial charge in [-0.25, -0.2) is 14.2 Å². The number of hydrogen-bond acceptors (Lipinski definition) is 12. The average Bonchev–Trinajstić information content (AvgIpc) is 3.63. The standard InChI is InChI=1S/C43H47FN8O10/c1-4-43(60)27-13-32-39-25(18-52(32)41(58)26(27)19-62-42(43)59)38-29(11-10-24-22(2)28(44)14-30(51-39)37(24)38)49-36(56)20-61-21-48-34(54)16-47-40(57)31(12-23-8-6-5-7-9-23)50-35(55)17-46-33(53)15-45-3/h5-9,13-14,29,31,45,60H,4,10-12,15-21H2,1-3H3,(H,46,53)(H,47,57)(H,48,54)(H,49,56)(H,50,55)/t29-,31-,43-/m0/s1. The molecule has 0 spiro atoms. The molecule has 0 unspecified atom stereocenters. The number of pyridine rings is 2. The first-order valence-electron chi connectivity index (χ1n) is 20.2. The molecule has 18 nitrogen and oxygen atoms in total. The predicted molar refractivity (Wildman–Crippen MR) is 219 cm³/mol. The van der Waals surface area contributed by atoms with Gasteiger partial charge in [-0.1, -0.05) is 37.3 Å². The number of esters is 1. The summed E-state index contributed by atoms with van der Waals surface area (Å²) in [5, 5.41) is 27.7. The van der Waals surface area contributed by atoms with Gasteiger partial charge in [0.15, 0.2) is 5.60 Å². The quantitative estimate of drug-likeness (QED) is 0.0391. The molecule has 1 aliphatic carbocycles. The Labute approximate surface area is 354 Å². The molecule has 3 aliphatic rings. The van der Waals surface area contributed by atoms with Crippen LogP contribution in [-0.4, -0.2) is 96.2 Å². The Balaban J connectivity index is 0.992. The summed E-state index contributed by atoms with van der Waals surface area (Å²) in [4.78, 5) is 94.9. The van der Waals surface area contributed by atoms with Crippen molar-refractivity contribution < 1.29 is 47.7 Å². The van der Waals surface area contributed by atoms with E-state index in [2.05, 4.69) is 31.9 Å². The van der Waals surface area contributed by atoms with E-state index in [1.54, 1.807) is 57.3 Å². The second kappa shape index (κ2) is 18.2. The number of fused-ring (bicyclic) bond motifs is 5. The lowest BCUT2D eigenvalue weighted by atomic mass is 9.81. The molecule has 0 bridgehead atoms. The van der Waals surface area contributed by atoms with Crippen molar-refractivity contribution in [2.75, 3.05) is 40.0 Å². The van der Waals surface area contributed by atoms with Gasteiger partial charge in [0.05, 0.1) is 54.7 Å². The van der Waals surface area contributed by atoms with Gasteiger partial charge < -0.3 is 51.0 Å². The Morgan fingerprint density at radius 3 is 2.47 bits per heavy atom. The summed E-state index contributed by atoms with van der Waals surface area (Å²) in [6, 6.07) is 10.2. The Kier molecular flexibility index (Phi) is 12.8. The van der Waals surface area contributed by atoms with E-state index in [1.807, 2.05) is 0 Å². The number of ether oxygens (including phenoxy) is 2. The number of halogens is 1. The molecule has 326 valence electrons. The highest BCUT2D eigenvalue weighted by molar-refractivity contribution is 5.95. The fourth-order valence-electron chi connectivity index (χ4n) is 8.27. The molecule has 62 heavy (non-hydrogen) atoms. The summed E-state index contributed by atoms with van der Waals surface area (Å²) < 4.78 is 27.4. The van der Waals surface area contributed by atoms with Gasteiger partial charge in [-0.2, -0.15) is 0 Å². The van der Waals surface area contributed by atoms with Crippen molar-refractivity contribution in [3.63, 3.8) is 0 Å². The summed E-state index contributed by atoms with van der Waals surface area (Å²) in [7, 11) is 1.59. The number of likely N-dealkylation sites (N-methyl/N-ethyl adjacent to an activating group) is 1. The van der Waals surface area contributed by atoms with Crippen molar-refractivity contribution in [2.24, 2.45) is 0 Å². The number of nitrogens with zero attached hydrogens (tertiary/aromatic N) is 2. The molecule has 7 rings (SSSR count). The number of rotatable bonds is 16. The molecule has 2 aromatic carbocycles. The van der Waals surface area contributed by atoms with Crippen LogP contribution in [0.4, 0.5) is 4.39 Å². The van der Waals surface area contributed by atoms with Crippen molar-refractivity contribution in [3.05, 3.63) is 97.6 Å². The van der Waals surface area contributed by atoms with Gasteiger partial charge in [0.2, 0.25) is 29.5 Å². The third kappa shape index (κ3) is 8.63. The second-order valence-electron chi connectivity index (χ2n) is 15.4. The lowest BCUT2D eigenvalue weighted by molar-refractivity contribution is -0.172. The second-order valence-corrected chi connectivity index (χ2v) is 15.4. The summed E-state index contributed by atoms with van der Waals surface area (Å²) in [6.45, 7) is 1.42. The van der Waals surface area contributed by atoms with E-state index in [1.165, 1.54) is 10.6 Å². The van der Waals surface area contributed by atoms with E-state index in [9.17, 15) is 38.7 Å². The molecule has 0 radical (unpaired) electrons. The highest BCUT2D eigenvalue weighted by Gasteiger charge is 2.46. The molecule has 0 saturated carbocycles. The number of carbonyl (C=O) groups is 6. The monoisotopic (exact) mass is 854 g/mol. The summed E-state index contributed by atoms with van der Waals surface area (Å²) in [5.74, 6) is -4.09. The number of hydrogen-bond donors (Lipinski definition) is 7. The number of cyclic esters (lactones) is 1. The van der Waals surface area contributed by atoms with E-state index in [0.717, 1.165) is 11.1 Å². The third-order valence-electron chi connectivity index (χ3n) is 11.5. The van der Waals surface area contributed by atoms with Crippen molar-refractivity contribution in [2.45, 2.75) is 70.4 Å². The van der Waals surface area contributed by atoms with Crippen LogP contribution in [0.3, 0.4) is 0 Å². The van der Waals surface area contributed by atoms with Crippen LogP contribution in [0.1, 0.15) is 64.8 Å². The fourth-order valence-corrected chi connectivity index (χ4v) is 8.27. The molecule has 19 heteroatoms. The Bertz CT molecular complexity index is 2550. The normalized spacial score (nSPS) is 17.5. The first kappa shape index (κ1) is 43.5. The molecule has 4 heterocycles. The minimum absolute atomic E-state index is 0.0108. The highest BCUT2D eigenvalue weighted by Crippen LogP contribution is 2.46. The molecular weight excluding hydrogens is 808 g/mol. The van der Waals surface area contributed by atoms with E-state index in [-0.39, 0.29) is 56.9 Å². The zero-order valence-electron chi connectivity index (χ0n) is 34.4. The zero-order valence-corrected chi connectivity index (χ0v) is 34.4. The number of nitrogens with one attached hydrogen (secondary N) is 6. The van der Waals surface area contributed by atoms with Crippen LogP contribution >= 0.6 is 0 Å². The van der Waals surface area contributed by atoms with Crippen LogP contribution in [0.5, 0.6) is 0 Å². The molecule has 3 atom stereocenters. The Morgan fingerprint density at radius 2 is 1.73 bits per heavy atom. The van der Waals surface area contributed by atoms with Gasteiger partial charge >= 0.3 is 5.97 Å². The van der Waals surface area contributed by atoms with Gasteiger partial charge in [0, 0.05) is 29.0 Å². The Hall–Kier alpha value is -6.57. The summed E-state index contributed by atoms with van der Waals surface area (Å²) in [6.07, 6.45) is 0.900. The van der Waals surface area contributed by atoms with Gasteiger partial charge in [-0.15, -0.1) is 0 Å². The number of benzene rings is 2. The maximum absolute atomic E-state index is 15.3. The van der Waals surface area contributed by atoms with Crippen LogP contribution in [0.25, 0.3) is 22.3 Å². The van der Waals surface area contributed by atoms with Crippen LogP contribution in [0.2, 0.25) is 0 Å². The number of aromatic nitrogens is 2. The minimum Gasteiger partial charge on any atom is -0.458 e. The van der Waals surface area contributed by atoms with Crippen LogP contribution in [0, 0.1) is 12.7 Å². The van der Waals surface area contributed by atoms with E-state index in [0.29, 0.717) is 51.8 Å². The minimum atomic E-state index is -2.03. The van der Waals surface area contributed by atoms with Crippen LogP contribution in [-0.2, 0) is 69.8 Å². The van der Waals surface area contributed by atoms with Crippen molar-refractivity contribution in [1.29, 1.82) is 0 Å². The zero-order chi connectivity index (χ0) is 44.3. The lowest BCUT2D eigenvalue weighted by Crippen LogP contribution is -2.52. The molecule has 2 aliphatic heterocycles. The SMILES string of the molecule is CC[C@@]1(O)C(=O)OCc2c1cc1n(c2=O)Cc2c-1nc1cc(F)c(C)c3c1c2[C@@H](NC(=O)COCNC(=O)CNC(=O)[C@H](Cc1ccccc1)NC(=O)CNC(=O)CNC)CC3. The van der Waals surface area contributed by atoms with E-state index in [4.69, 9.17) is 14.5 Å². The summed E-state index contributed by atoms with van der Waals surface area (Å²) >= 11 is 0. The maximum Gasteiger partial charge on any atom is 0.343 e. The molecule has 5 amide bonds. The highest BCUT2D eigenvalue weighted by atomic mass is 19.1. The van der Waals surface area contributed by atoms with Gasteiger partial charge in [0.1, 0.15) is 31.8 Å². The van der Waals surface area contributed by atoms with Gasteiger partial charge in [-0.3, -0.25) is 28.8 Å². The maximum atomic E-state index is 15.3. The number of aryl methyl sites for hydroxylation is 1. The largest absolute Gasteiger partial charge is 0.458 e. The van der Waals surface area contributed by atoms with E-state index < -0.39 is 77.7 Å². The molecule has 0 fully saturated rings. The Morgan fingerprint density at radius 1 is 0.984 bits per heavy atom. The topological polar surface area (TPSA) is 248 Å². The number of carbonyl (C=O) groups excluding carboxylic acids is 6. The van der Waals surface area contributed by atoms with Gasteiger partial charge in [-0.05, 0) is 61.6 Å². The molecule has 7 N–H and O–H groups in total. The van der Waals surface area contributed by atoms with Crippen LogP contribution < -0.4 is 37.5 Å². The molecule has 0 saturated heterocycles. The van der Waals surface area contributed by atoms with Crippen molar-refractivity contribution in [1.82, 2.24) is 41.5 Å². The average molecular weight is 855 g/mol. The fraction of sp³-hybridized carbons (Fsp3) is 0.395. The number of aliphatic hydroxyl groups is 1. The molecule has 4 aromatic rings. The molecule has 2 aromatic heterocycles. The van der Waals surface area contributed by atoms with E-state index >= 15 is 4.39 Å². The van der Waals surface area contributed by atoms with Crippen LogP contribution in [0.15, 0.2) is 47.3 Å². The first-order chi connectivity index (χ1) is 29.7. The van der Waals surface area contributed by atoms with Crippen molar-refractivity contribution >= 4 is 46.4 Å². The predicted octanol–water partition coefficient (Wildman–Crippen LogP) is -0.0998. The smallest absolute Gasteiger partial charge is 0.343 e. The number of amides is 5. The first-order valence-corrected chi connectivity index (χ1v) is 20.2. The lowest BCUT2D eigenvalue weighted by Gasteiger charge is -2.31. The summed E-state index contributed by atoms with van der Waals surface area (Å²) in [5.41, 5.74) is 2.11. The van der Waals surface area contributed by atoms with Crippen molar-refractivity contribution in [3.8, 4) is 11.4 Å². The van der Waals surface area contributed by atoms with Gasteiger partial charge in [0.25, 0.3) is 5.56 Å². The molecular formula is C43H47FN8O10.